The quantitative estimate of drug-likeness (QED) is 0.690. The van der Waals surface area contributed by atoms with E-state index in [1.54, 1.807) is 16.3 Å². The highest BCUT2D eigenvalue weighted by molar-refractivity contribution is 8.13. The van der Waals surface area contributed by atoms with Gasteiger partial charge in [0, 0.05) is 15.8 Å². The fraction of sp³-hybridized carbons (Fsp3) is 0.174. The first-order valence-corrected chi connectivity index (χ1v) is 11.5. The Morgan fingerprint density at radius 3 is 2.63 bits per heavy atom. The molecule has 2 aliphatic rings. The van der Waals surface area contributed by atoms with Crippen molar-refractivity contribution in [1.29, 1.82) is 0 Å². The number of thioether (sulfide) groups is 1. The van der Waals surface area contributed by atoms with Crippen molar-refractivity contribution in [1.82, 2.24) is 10.3 Å². The third-order valence-corrected chi connectivity index (χ3v) is 7.00. The minimum Gasteiger partial charge on any atom is -0.298 e. The molecule has 1 aromatic heterocycles. The van der Waals surface area contributed by atoms with Gasteiger partial charge < -0.3 is 0 Å². The molecule has 3 heterocycles. The van der Waals surface area contributed by atoms with Crippen molar-refractivity contribution in [2.45, 2.75) is 25.8 Å². The average molecular weight is 433 g/mol. The summed E-state index contributed by atoms with van der Waals surface area (Å²) in [6.45, 7) is 4.15. The molecule has 0 unspecified atom stereocenters. The number of nitrogens with zero attached hydrogens (tertiary/aromatic N) is 3. The van der Waals surface area contributed by atoms with Crippen LogP contribution in [0.4, 0.5) is 0 Å². The van der Waals surface area contributed by atoms with Crippen molar-refractivity contribution in [3.05, 3.63) is 92.1 Å². The van der Waals surface area contributed by atoms with Crippen LogP contribution in [-0.4, -0.2) is 16.1 Å². The summed E-state index contributed by atoms with van der Waals surface area (Å²) in [6, 6.07) is 20.3. The highest BCUT2D eigenvalue weighted by Gasteiger charge is 2.34. The smallest absolute Gasteiger partial charge is 0.276 e. The number of amidine groups is 1. The summed E-state index contributed by atoms with van der Waals surface area (Å²) >= 11 is 3.21. The zero-order chi connectivity index (χ0) is 20.7. The van der Waals surface area contributed by atoms with E-state index in [4.69, 9.17) is 10.1 Å². The molecule has 1 amide bonds. The second-order valence-corrected chi connectivity index (χ2v) is 9.58. The first-order valence-electron chi connectivity index (χ1n) is 9.69. The largest absolute Gasteiger partial charge is 0.298 e. The van der Waals surface area contributed by atoms with E-state index in [1.165, 1.54) is 27.8 Å². The molecular formula is C23H20N4OS2. The molecule has 0 bridgehead atoms. The highest BCUT2D eigenvalue weighted by atomic mass is 32.2. The van der Waals surface area contributed by atoms with E-state index >= 15 is 0 Å². The molecule has 3 aromatic rings. The predicted molar refractivity (Wildman–Crippen MR) is 122 cm³/mol. The molecule has 1 N–H and O–H groups in total. The van der Waals surface area contributed by atoms with Gasteiger partial charge in [0.05, 0.1) is 10.2 Å². The van der Waals surface area contributed by atoms with Crippen molar-refractivity contribution >= 4 is 39.9 Å². The number of amides is 1. The lowest BCUT2D eigenvalue weighted by Crippen LogP contribution is -2.50. The molecule has 30 heavy (non-hydrogen) atoms. The van der Waals surface area contributed by atoms with E-state index in [2.05, 4.69) is 55.6 Å². The molecule has 0 radical (unpaired) electrons. The molecule has 0 saturated carbocycles. The van der Waals surface area contributed by atoms with E-state index in [9.17, 15) is 4.79 Å². The molecular weight excluding hydrogens is 412 g/mol. The topological polar surface area (TPSA) is 57.1 Å². The molecule has 1 atom stereocenters. The second-order valence-electron chi connectivity index (χ2n) is 7.30. The monoisotopic (exact) mass is 432 g/mol. The van der Waals surface area contributed by atoms with Crippen LogP contribution in [0.3, 0.4) is 0 Å². The number of carbonyl (C=O) groups excluding carboxylic acids is 1. The summed E-state index contributed by atoms with van der Waals surface area (Å²) in [7, 11) is 0. The van der Waals surface area contributed by atoms with Crippen LogP contribution >= 0.6 is 23.1 Å². The van der Waals surface area contributed by atoms with Crippen LogP contribution in [0.25, 0.3) is 5.70 Å². The fourth-order valence-corrected chi connectivity index (χ4v) is 5.21. The molecule has 0 saturated heterocycles. The van der Waals surface area contributed by atoms with Crippen molar-refractivity contribution < 1.29 is 4.79 Å². The third-order valence-electron chi connectivity index (χ3n) is 5.03. The molecule has 0 spiro atoms. The Kier molecular flexibility index (Phi) is 4.92. The van der Waals surface area contributed by atoms with Crippen LogP contribution in [0.1, 0.15) is 27.0 Å². The Morgan fingerprint density at radius 2 is 1.87 bits per heavy atom. The molecule has 0 aliphatic carbocycles. The standard InChI is InChI=1S/C23H20N4OS2/c1-14-7-10-16(11-8-14)13-29-23-25-22(28)20-17-5-3-4-6-18(17)24-21(27(20)26-23)19-12-9-15(2)30-19/h3-12,21H,13H2,1-2H3,(H,25,26,28)/t21-/m1/s1. The first-order chi connectivity index (χ1) is 14.6. The number of rotatable bonds is 3. The van der Waals surface area contributed by atoms with Gasteiger partial charge in [0.1, 0.15) is 5.70 Å². The van der Waals surface area contributed by atoms with Crippen molar-refractivity contribution in [2.75, 3.05) is 0 Å². The van der Waals surface area contributed by atoms with Gasteiger partial charge in [-0.05, 0) is 37.6 Å². The number of hydrogen-bond acceptors (Lipinski definition) is 6. The Bertz CT molecular complexity index is 1280. The molecule has 150 valence electrons. The Balaban J connectivity index is 1.54. The summed E-state index contributed by atoms with van der Waals surface area (Å²) in [5.41, 5.74) is 2.97. The van der Waals surface area contributed by atoms with E-state index in [-0.39, 0.29) is 12.1 Å². The number of thiophene rings is 1. The van der Waals surface area contributed by atoms with Crippen LogP contribution in [0.5, 0.6) is 0 Å². The van der Waals surface area contributed by atoms with Gasteiger partial charge in [-0.25, -0.2) is 5.01 Å². The van der Waals surface area contributed by atoms with Crippen LogP contribution in [0.15, 0.2) is 70.8 Å². The molecule has 5 nitrogen and oxygen atoms in total. The minimum absolute atomic E-state index is 0.142. The summed E-state index contributed by atoms with van der Waals surface area (Å²) < 4.78 is 0. The Labute approximate surface area is 182 Å². The summed E-state index contributed by atoms with van der Waals surface area (Å²) in [6.07, 6.45) is -0.338. The van der Waals surface area contributed by atoms with Crippen LogP contribution < -0.4 is 15.9 Å². The van der Waals surface area contributed by atoms with Gasteiger partial charge >= 0.3 is 0 Å². The number of benzene rings is 2. The Morgan fingerprint density at radius 1 is 1.07 bits per heavy atom. The number of hydrogen-bond donors (Lipinski definition) is 1. The number of carbonyl (C=O) groups is 1. The summed E-state index contributed by atoms with van der Waals surface area (Å²) in [5.74, 6) is 0.594. The van der Waals surface area contributed by atoms with Gasteiger partial charge in [-0.1, -0.05) is 59.8 Å². The van der Waals surface area contributed by atoms with Gasteiger partial charge in [-0.15, -0.1) is 16.4 Å². The zero-order valence-electron chi connectivity index (χ0n) is 16.6. The minimum atomic E-state index is -0.338. The van der Waals surface area contributed by atoms with E-state index < -0.39 is 0 Å². The van der Waals surface area contributed by atoms with Gasteiger partial charge in [-0.3, -0.25) is 15.1 Å². The highest BCUT2D eigenvalue weighted by Crippen LogP contribution is 2.34. The summed E-state index contributed by atoms with van der Waals surface area (Å²) in [4.78, 5) is 20.3. The van der Waals surface area contributed by atoms with Crippen molar-refractivity contribution in [2.24, 2.45) is 10.1 Å². The zero-order valence-corrected chi connectivity index (χ0v) is 18.3. The van der Waals surface area contributed by atoms with Gasteiger partial charge in [-0.2, -0.15) is 0 Å². The second kappa shape index (κ2) is 7.74. The van der Waals surface area contributed by atoms with Gasteiger partial charge in [0.15, 0.2) is 11.3 Å². The molecule has 7 heteroatoms. The van der Waals surface area contributed by atoms with Gasteiger partial charge in [0.2, 0.25) is 0 Å². The normalized spacial score (nSPS) is 17.6. The third kappa shape index (κ3) is 3.55. The maximum absolute atomic E-state index is 13.1. The Hall–Kier alpha value is -2.90. The fourth-order valence-electron chi connectivity index (χ4n) is 3.51. The molecule has 2 aromatic carbocycles. The maximum atomic E-state index is 13.1. The lowest BCUT2D eigenvalue weighted by Gasteiger charge is -2.33. The number of para-hydroxylation sites is 1. The van der Waals surface area contributed by atoms with Crippen LogP contribution in [-0.2, 0) is 10.5 Å². The van der Waals surface area contributed by atoms with Crippen LogP contribution in [0, 0.1) is 13.8 Å². The van der Waals surface area contributed by atoms with E-state index in [0.717, 1.165) is 21.2 Å². The van der Waals surface area contributed by atoms with Crippen molar-refractivity contribution in [3.8, 4) is 0 Å². The van der Waals surface area contributed by atoms with Crippen LogP contribution in [0.2, 0.25) is 0 Å². The summed E-state index contributed by atoms with van der Waals surface area (Å²) in [5, 5.41) is 11.8. The number of aryl methyl sites for hydroxylation is 2. The SMILES string of the molecule is Cc1ccc(CSC2=NN3C(=c4ccccc4=N[C@H]3c3ccc(C)s3)C(=O)N2)cc1. The van der Waals surface area contributed by atoms with Crippen molar-refractivity contribution in [3.63, 3.8) is 0 Å². The maximum Gasteiger partial charge on any atom is 0.276 e. The lowest BCUT2D eigenvalue weighted by atomic mass is 10.1. The average Bonchev–Trinajstić information content (AvgIpc) is 3.18. The molecule has 0 fully saturated rings. The van der Waals surface area contributed by atoms with E-state index in [1.807, 2.05) is 24.3 Å². The molecule has 5 rings (SSSR count). The first kappa shape index (κ1) is 19.1. The number of hydrazone groups is 1. The predicted octanol–water partition coefficient (Wildman–Crippen LogP) is 3.44. The lowest BCUT2D eigenvalue weighted by molar-refractivity contribution is -0.116. The van der Waals surface area contributed by atoms with E-state index in [0.29, 0.717) is 10.9 Å². The number of fused-ring (bicyclic) bond motifs is 2. The number of nitrogens with one attached hydrogen (secondary N) is 1. The van der Waals surface area contributed by atoms with Gasteiger partial charge in [0.25, 0.3) is 5.91 Å². The molecule has 2 aliphatic heterocycles.